The normalized spacial score (nSPS) is 16.5. The van der Waals surface area contributed by atoms with Crippen molar-refractivity contribution in [2.75, 3.05) is 13.6 Å². The zero-order valence-corrected chi connectivity index (χ0v) is 14.2. The van der Waals surface area contributed by atoms with E-state index in [1.807, 2.05) is 0 Å². The predicted molar refractivity (Wildman–Crippen MR) is 89.0 cm³/mol. The molecule has 1 atom stereocenters. The third kappa shape index (κ3) is 5.44. The van der Waals surface area contributed by atoms with Crippen molar-refractivity contribution in [3.05, 3.63) is 42.5 Å². The quantitative estimate of drug-likeness (QED) is 0.602. The van der Waals surface area contributed by atoms with E-state index in [9.17, 15) is 35.1 Å². The number of rotatable bonds is 5. The maximum Gasteiger partial charge on any atom is 0.324 e. The molecule has 0 aromatic heterocycles. The Labute approximate surface area is 147 Å². The van der Waals surface area contributed by atoms with Crippen LogP contribution in [0.25, 0.3) is 0 Å². The van der Waals surface area contributed by atoms with E-state index >= 15 is 0 Å². The number of likely N-dealkylation sites (tertiary alicyclic amines) is 1. The number of carbonyl (C=O) groups excluding carboxylic acids is 1. The number of nitrogens with zero attached hydrogens (tertiary/aromatic N) is 4. The molecule has 1 heterocycles. The molecule has 142 valence electrons. The Hall–Kier alpha value is -3.15. The molecular weight excluding hydrogens is 352 g/mol. The van der Waals surface area contributed by atoms with Crippen molar-refractivity contribution in [3.8, 4) is 5.75 Å². The van der Waals surface area contributed by atoms with E-state index in [0.717, 1.165) is 13.0 Å². The second kappa shape index (κ2) is 8.80. The second-order valence-corrected chi connectivity index (χ2v) is 5.79. The number of hydrogen-bond acceptors (Lipinski definition) is 9. The molecule has 0 unspecified atom stereocenters. The fourth-order valence-corrected chi connectivity index (χ4v) is 2.54. The number of nitro benzene ring substituents is 3. The number of hydrogen-bond donors (Lipinski definition) is 1. The number of carbonyl (C=O) groups is 1. The smallest absolute Gasteiger partial charge is 0.324 e. The Bertz CT molecular complexity index is 701. The van der Waals surface area contributed by atoms with Gasteiger partial charge in [0.2, 0.25) is 0 Å². The summed E-state index contributed by atoms with van der Waals surface area (Å²) in [7, 11) is 2.10. The molecule has 1 N–H and O–H groups in total. The van der Waals surface area contributed by atoms with Gasteiger partial charge in [0.25, 0.3) is 11.4 Å². The molecule has 2 rings (SSSR count). The van der Waals surface area contributed by atoms with Gasteiger partial charge in [-0.05, 0) is 33.4 Å². The van der Waals surface area contributed by atoms with Gasteiger partial charge in [0.15, 0.2) is 0 Å². The molecule has 0 saturated carbocycles. The monoisotopic (exact) mass is 370 g/mol. The van der Waals surface area contributed by atoms with Crippen LogP contribution in [-0.2, 0) is 4.79 Å². The van der Waals surface area contributed by atoms with Crippen molar-refractivity contribution in [2.24, 2.45) is 0 Å². The van der Waals surface area contributed by atoms with E-state index in [1.54, 1.807) is 6.92 Å². The fraction of sp³-hybridized carbons (Fsp3) is 0.500. The van der Waals surface area contributed by atoms with Crippen LogP contribution >= 0.6 is 0 Å². The Kier molecular flexibility index (Phi) is 7.07. The zero-order chi connectivity index (χ0) is 20.0. The number of Topliss-reactive ketones (excluding diaryl/α,β-unsaturated/α-hetero) is 1. The summed E-state index contributed by atoms with van der Waals surface area (Å²) in [5.74, 6) is -0.889. The van der Waals surface area contributed by atoms with Crippen LogP contribution in [0, 0.1) is 30.3 Å². The van der Waals surface area contributed by atoms with Gasteiger partial charge in [0.05, 0.1) is 26.9 Å². The minimum atomic E-state index is -1.21. The van der Waals surface area contributed by atoms with Gasteiger partial charge in [0.1, 0.15) is 5.78 Å². The van der Waals surface area contributed by atoms with Crippen molar-refractivity contribution in [1.29, 1.82) is 0 Å². The van der Waals surface area contributed by atoms with E-state index in [4.69, 9.17) is 5.11 Å². The summed E-state index contributed by atoms with van der Waals surface area (Å²) in [5.41, 5.74) is -3.00. The summed E-state index contributed by atoms with van der Waals surface area (Å²) in [4.78, 5) is 40.8. The van der Waals surface area contributed by atoms with Crippen LogP contribution in [0.15, 0.2) is 12.1 Å². The fourth-order valence-electron chi connectivity index (χ4n) is 2.54. The molecule has 12 nitrogen and oxygen atoms in total. The molecule has 26 heavy (non-hydrogen) atoms. The van der Waals surface area contributed by atoms with Crippen LogP contribution < -0.4 is 0 Å². The van der Waals surface area contributed by atoms with Gasteiger partial charge >= 0.3 is 11.4 Å². The first-order valence-corrected chi connectivity index (χ1v) is 7.54. The number of phenolic OH excluding ortho intramolecular Hbond substituents is 1. The number of non-ortho nitro benzene ring substituents is 1. The van der Waals surface area contributed by atoms with E-state index in [0.29, 0.717) is 24.0 Å². The molecule has 0 bridgehead atoms. The topological polar surface area (TPSA) is 170 Å². The lowest BCUT2D eigenvalue weighted by Gasteiger charge is -2.17. The third-order valence-electron chi connectivity index (χ3n) is 3.85. The Morgan fingerprint density at radius 2 is 1.65 bits per heavy atom. The van der Waals surface area contributed by atoms with Gasteiger partial charge in [-0.3, -0.25) is 35.1 Å². The summed E-state index contributed by atoms with van der Waals surface area (Å²) in [6, 6.07) is 1.43. The van der Waals surface area contributed by atoms with Crippen LogP contribution in [0.2, 0.25) is 0 Å². The van der Waals surface area contributed by atoms with Crippen molar-refractivity contribution < 1.29 is 24.7 Å². The molecular formula is C14H18N4O8. The van der Waals surface area contributed by atoms with Gasteiger partial charge < -0.3 is 10.0 Å². The largest absolute Gasteiger partial charge is 0.497 e. The molecule has 12 heteroatoms. The van der Waals surface area contributed by atoms with E-state index in [1.165, 1.54) is 12.8 Å². The minimum Gasteiger partial charge on any atom is -0.497 e. The first-order chi connectivity index (χ1) is 12.0. The number of phenols is 1. The first-order valence-electron chi connectivity index (χ1n) is 7.54. The van der Waals surface area contributed by atoms with E-state index in [-0.39, 0.29) is 0 Å². The first kappa shape index (κ1) is 20.9. The predicted octanol–water partition coefficient (Wildman–Crippen LogP) is 2.18. The summed E-state index contributed by atoms with van der Waals surface area (Å²) < 4.78 is 0. The SMILES string of the molecule is CC(=O)C[C@H]1CCCN1C.O=[N+]([O-])c1cc([N+](=O)[O-])c(O)c([N+](=O)[O-])c1. The summed E-state index contributed by atoms with van der Waals surface area (Å²) in [5, 5.41) is 40.2. The lowest BCUT2D eigenvalue weighted by molar-refractivity contribution is -0.404. The van der Waals surface area contributed by atoms with E-state index in [2.05, 4.69) is 11.9 Å². The Morgan fingerprint density at radius 3 is 1.96 bits per heavy atom. The zero-order valence-electron chi connectivity index (χ0n) is 14.2. The molecule has 1 fully saturated rings. The van der Waals surface area contributed by atoms with Crippen molar-refractivity contribution >= 4 is 22.8 Å². The molecule has 1 saturated heterocycles. The van der Waals surface area contributed by atoms with Gasteiger partial charge in [-0.2, -0.15) is 0 Å². The maximum atomic E-state index is 10.7. The molecule has 1 aromatic rings. The highest BCUT2D eigenvalue weighted by Gasteiger charge is 2.30. The van der Waals surface area contributed by atoms with Gasteiger partial charge in [-0.15, -0.1) is 0 Å². The van der Waals surface area contributed by atoms with Gasteiger partial charge in [-0.25, -0.2) is 0 Å². The highest BCUT2D eigenvalue weighted by atomic mass is 16.6. The highest BCUT2D eigenvalue weighted by molar-refractivity contribution is 5.76. The van der Waals surface area contributed by atoms with E-state index < -0.39 is 37.6 Å². The summed E-state index contributed by atoms with van der Waals surface area (Å²) >= 11 is 0. The molecule has 0 aliphatic carbocycles. The number of aromatic hydroxyl groups is 1. The van der Waals surface area contributed by atoms with Gasteiger partial charge in [-0.1, -0.05) is 0 Å². The maximum absolute atomic E-state index is 10.7. The minimum absolute atomic E-state index is 0.318. The van der Waals surface area contributed by atoms with Crippen LogP contribution in [0.4, 0.5) is 17.1 Å². The van der Waals surface area contributed by atoms with Crippen LogP contribution in [0.5, 0.6) is 5.75 Å². The molecule has 1 aromatic carbocycles. The third-order valence-corrected chi connectivity index (χ3v) is 3.85. The number of ketones is 1. The summed E-state index contributed by atoms with van der Waals surface area (Å²) in [6.45, 7) is 2.84. The number of nitro groups is 3. The molecule has 0 spiro atoms. The average molecular weight is 370 g/mol. The van der Waals surface area contributed by atoms with Crippen LogP contribution in [0.3, 0.4) is 0 Å². The Morgan fingerprint density at radius 1 is 1.15 bits per heavy atom. The van der Waals surface area contributed by atoms with Crippen molar-refractivity contribution in [2.45, 2.75) is 32.2 Å². The van der Waals surface area contributed by atoms with Crippen molar-refractivity contribution in [3.63, 3.8) is 0 Å². The molecule has 1 aliphatic rings. The lowest BCUT2D eigenvalue weighted by Crippen LogP contribution is -2.26. The standard InChI is InChI=1S/C8H15NO.C6H3N3O7/c1-7(10)6-8-4-3-5-9(8)2;10-6-4(8(13)14)1-3(7(11)12)2-5(6)9(15)16/h8H,3-6H2,1-2H3;1-2,10H/t8-;/m1./s1. The molecule has 0 radical (unpaired) electrons. The van der Waals surface area contributed by atoms with Crippen LogP contribution in [0.1, 0.15) is 26.2 Å². The van der Waals surface area contributed by atoms with Gasteiger partial charge in [0, 0.05) is 12.5 Å². The number of benzene rings is 1. The second-order valence-electron chi connectivity index (χ2n) is 5.79. The Balaban J connectivity index is 0.000000289. The summed E-state index contributed by atoms with van der Waals surface area (Å²) in [6.07, 6.45) is 3.21. The lowest BCUT2D eigenvalue weighted by atomic mass is 10.1. The highest BCUT2D eigenvalue weighted by Crippen LogP contribution is 2.38. The van der Waals surface area contributed by atoms with Crippen LogP contribution in [-0.4, -0.2) is 50.2 Å². The molecule has 0 amide bonds. The average Bonchev–Trinajstić information content (AvgIpc) is 2.91. The molecule has 1 aliphatic heterocycles. The van der Waals surface area contributed by atoms with Crippen molar-refractivity contribution in [1.82, 2.24) is 4.90 Å².